The van der Waals surface area contributed by atoms with Gasteiger partial charge >= 0.3 is 0 Å². The Hall–Kier alpha value is -2.23. The van der Waals surface area contributed by atoms with Crippen LogP contribution in [-0.2, 0) is 17.8 Å². The average Bonchev–Trinajstić information content (AvgIpc) is 2.42. The van der Waals surface area contributed by atoms with Crippen molar-refractivity contribution < 1.29 is 13.8 Å². The minimum atomic E-state index is -0.317. The normalized spacial score (nSPS) is 10.2. The van der Waals surface area contributed by atoms with Gasteiger partial charge in [-0.25, -0.2) is 4.39 Å². The molecule has 1 aromatic carbocycles. The van der Waals surface area contributed by atoms with Crippen molar-refractivity contribution in [2.24, 2.45) is 0 Å². The topological polar surface area (TPSA) is 33.0 Å². The molecule has 0 aliphatic carbocycles. The number of carbonyl (C=O) groups is 1. The molecule has 0 aliphatic heterocycles. The van der Waals surface area contributed by atoms with Crippen molar-refractivity contribution in [3.05, 3.63) is 60.2 Å². The number of amides is 1. The van der Waals surface area contributed by atoms with Crippen LogP contribution in [0.5, 0.6) is 0 Å². The highest BCUT2D eigenvalue weighted by atomic mass is 19.1. The van der Waals surface area contributed by atoms with E-state index in [1.807, 2.05) is 24.5 Å². The number of carbonyl (C=O) groups excluding carboxylic acids is 1. The Bertz CT molecular complexity index is 549. The monoisotopic (exact) mass is 259 g/mol. The second-order valence-corrected chi connectivity index (χ2v) is 4.29. The molecule has 1 amide bonds. The first kappa shape index (κ1) is 13.2. The third-order valence-corrected chi connectivity index (χ3v) is 2.82. The van der Waals surface area contributed by atoms with Crippen LogP contribution in [0.15, 0.2) is 48.8 Å². The van der Waals surface area contributed by atoms with Gasteiger partial charge in [0.25, 0.3) is 5.91 Å². The summed E-state index contributed by atoms with van der Waals surface area (Å²) in [6.45, 7) is 2.32. The van der Waals surface area contributed by atoms with Gasteiger partial charge in [-0.2, -0.15) is 4.57 Å². The standard InChI is InChI=1S/C15H15FN2O/c1-2-12-7-9-18(10-8-12)11-15(19)17-14-5-3-13(16)4-6-14/h3-10H,2,11H2,1H3/p+1. The number of nitrogens with zero attached hydrogens (tertiary/aromatic N) is 1. The van der Waals surface area contributed by atoms with Gasteiger partial charge in [0.2, 0.25) is 6.54 Å². The molecule has 0 aliphatic rings. The van der Waals surface area contributed by atoms with Crippen LogP contribution in [0.1, 0.15) is 12.5 Å². The summed E-state index contributed by atoms with van der Waals surface area (Å²) in [7, 11) is 0. The molecule has 4 heteroatoms. The lowest BCUT2D eigenvalue weighted by Crippen LogP contribution is -2.39. The molecule has 1 N–H and O–H groups in total. The van der Waals surface area contributed by atoms with E-state index in [0.29, 0.717) is 5.69 Å². The van der Waals surface area contributed by atoms with Gasteiger partial charge in [0.05, 0.1) is 0 Å². The van der Waals surface area contributed by atoms with E-state index in [0.717, 1.165) is 6.42 Å². The summed E-state index contributed by atoms with van der Waals surface area (Å²) >= 11 is 0. The van der Waals surface area contributed by atoms with Crippen LogP contribution in [0.4, 0.5) is 10.1 Å². The number of nitrogens with one attached hydrogen (secondary N) is 1. The molecular formula is C15H16FN2O+. The first-order valence-corrected chi connectivity index (χ1v) is 6.21. The van der Waals surface area contributed by atoms with Crippen LogP contribution >= 0.6 is 0 Å². The number of anilines is 1. The molecule has 3 nitrogen and oxygen atoms in total. The van der Waals surface area contributed by atoms with Crippen LogP contribution in [0.25, 0.3) is 0 Å². The fraction of sp³-hybridized carbons (Fsp3) is 0.200. The molecule has 0 radical (unpaired) electrons. The molecule has 19 heavy (non-hydrogen) atoms. The molecule has 0 fully saturated rings. The number of pyridine rings is 1. The van der Waals surface area contributed by atoms with E-state index in [-0.39, 0.29) is 18.3 Å². The van der Waals surface area contributed by atoms with Gasteiger partial charge in [-0.05, 0) is 36.2 Å². The van der Waals surface area contributed by atoms with Crippen molar-refractivity contribution >= 4 is 11.6 Å². The largest absolute Gasteiger partial charge is 0.321 e. The number of aromatic nitrogens is 1. The van der Waals surface area contributed by atoms with E-state index in [1.165, 1.54) is 29.8 Å². The van der Waals surface area contributed by atoms with Crippen LogP contribution in [0.2, 0.25) is 0 Å². The number of rotatable bonds is 4. The summed E-state index contributed by atoms with van der Waals surface area (Å²) in [5.41, 5.74) is 1.83. The molecular weight excluding hydrogens is 243 g/mol. The number of hydrogen-bond acceptors (Lipinski definition) is 1. The van der Waals surface area contributed by atoms with Crippen LogP contribution in [-0.4, -0.2) is 5.91 Å². The fourth-order valence-electron chi connectivity index (χ4n) is 1.73. The number of hydrogen-bond donors (Lipinski definition) is 1. The molecule has 2 aromatic rings. The summed E-state index contributed by atoms with van der Waals surface area (Å²) in [5.74, 6) is -0.455. The summed E-state index contributed by atoms with van der Waals surface area (Å²) in [6, 6.07) is 9.70. The Morgan fingerprint density at radius 3 is 2.37 bits per heavy atom. The van der Waals surface area contributed by atoms with Crippen LogP contribution < -0.4 is 9.88 Å². The highest BCUT2D eigenvalue weighted by Gasteiger charge is 2.09. The Balaban J connectivity index is 1.95. The molecule has 0 atom stereocenters. The van der Waals surface area contributed by atoms with Gasteiger partial charge < -0.3 is 5.32 Å². The van der Waals surface area contributed by atoms with E-state index < -0.39 is 0 Å². The summed E-state index contributed by atoms with van der Waals surface area (Å²) in [5, 5.41) is 2.72. The Kier molecular flexibility index (Phi) is 4.23. The predicted octanol–water partition coefficient (Wildman–Crippen LogP) is 2.31. The smallest absolute Gasteiger partial charge is 0.290 e. The second kappa shape index (κ2) is 6.09. The molecule has 0 spiro atoms. The summed E-state index contributed by atoms with van der Waals surface area (Å²) < 4.78 is 14.5. The molecule has 0 saturated heterocycles. The zero-order chi connectivity index (χ0) is 13.7. The maximum absolute atomic E-state index is 12.7. The minimum absolute atomic E-state index is 0.138. The molecule has 1 aromatic heterocycles. The van der Waals surface area contributed by atoms with E-state index in [1.54, 1.807) is 4.57 Å². The van der Waals surface area contributed by atoms with E-state index in [2.05, 4.69) is 12.2 Å². The molecule has 98 valence electrons. The van der Waals surface area contributed by atoms with Crippen LogP contribution in [0, 0.1) is 5.82 Å². The second-order valence-electron chi connectivity index (χ2n) is 4.29. The van der Waals surface area contributed by atoms with Crippen LogP contribution in [0.3, 0.4) is 0 Å². The van der Waals surface area contributed by atoms with Crippen molar-refractivity contribution in [2.45, 2.75) is 19.9 Å². The number of benzene rings is 1. The van der Waals surface area contributed by atoms with Gasteiger partial charge in [0.15, 0.2) is 12.4 Å². The third-order valence-electron chi connectivity index (χ3n) is 2.82. The minimum Gasteiger partial charge on any atom is -0.321 e. The Morgan fingerprint density at radius 1 is 1.16 bits per heavy atom. The maximum atomic E-state index is 12.7. The summed E-state index contributed by atoms with van der Waals surface area (Å²) in [4.78, 5) is 11.8. The van der Waals surface area contributed by atoms with E-state index in [9.17, 15) is 9.18 Å². The lowest BCUT2D eigenvalue weighted by molar-refractivity contribution is -0.684. The van der Waals surface area contributed by atoms with Gasteiger partial charge in [-0.1, -0.05) is 6.92 Å². The van der Waals surface area contributed by atoms with Gasteiger partial charge in [0, 0.05) is 17.8 Å². The lowest BCUT2D eigenvalue weighted by Gasteiger charge is -2.03. The molecule has 2 rings (SSSR count). The average molecular weight is 259 g/mol. The van der Waals surface area contributed by atoms with Crippen molar-refractivity contribution in [1.29, 1.82) is 0 Å². The van der Waals surface area contributed by atoms with E-state index >= 15 is 0 Å². The molecule has 0 bridgehead atoms. The molecule has 0 saturated carbocycles. The van der Waals surface area contributed by atoms with E-state index in [4.69, 9.17) is 0 Å². The third kappa shape index (κ3) is 3.88. The van der Waals surface area contributed by atoms with Gasteiger partial charge in [-0.15, -0.1) is 0 Å². The summed E-state index contributed by atoms with van der Waals surface area (Å²) in [6.07, 6.45) is 4.73. The zero-order valence-electron chi connectivity index (χ0n) is 10.8. The number of aryl methyl sites for hydroxylation is 1. The van der Waals surface area contributed by atoms with Crippen molar-refractivity contribution in [1.82, 2.24) is 0 Å². The highest BCUT2D eigenvalue weighted by Crippen LogP contribution is 2.07. The quantitative estimate of drug-likeness (QED) is 0.840. The predicted molar refractivity (Wildman–Crippen MR) is 71.0 cm³/mol. The maximum Gasteiger partial charge on any atom is 0.290 e. The molecule has 1 heterocycles. The number of halogens is 1. The Morgan fingerprint density at radius 2 is 1.79 bits per heavy atom. The molecule has 0 unspecified atom stereocenters. The van der Waals surface area contributed by atoms with Crippen molar-refractivity contribution in [3.8, 4) is 0 Å². The van der Waals surface area contributed by atoms with Crippen molar-refractivity contribution in [3.63, 3.8) is 0 Å². The van der Waals surface area contributed by atoms with Crippen molar-refractivity contribution in [2.75, 3.05) is 5.32 Å². The lowest BCUT2D eigenvalue weighted by atomic mass is 10.2. The first-order chi connectivity index (χ1) is 9.17. The van der Waals surface area contributed by atoms with Gasteiger partial charge in [-0.3, -0.25) is 4.79 Å². The van der Waals surface area contributed by atoms with Gasteiger partial charge in [0.1, 0.15) is 5.82 Å². The highest BCUT2D eigenvalue weighted by molar-refractivity contribution is 5.89. The fourth-order valence-corrected chi connectivity index (χ4v) is 1.73. The Labute approximate surface area is 111 Å². The first-order valence-electron chi connectivity index (χ1n) is 6.21. The zero-order valence-corrected chi connectivity index (χ0v) is 10.8. The SMILES string of the molecule is CCc1cc[n+](CC(=O)Nc2ccc(F)cc2)cc1.